The lowest BCUT2D eigenvalue weighted by Gasteiger charge is -2.12. The molecule has 5 nitrogen and oxygen atoms in total. The fourth-order valence-corrected chi connectivity index (χ4v) is 2.13. The predicted molar refractivity (Wildman–Crippen MR) is 65.0 cm³/mol. The zero-order valence-electron chi connectivity index (χ0n) is 9.41. The van der Waals surface area contributed by atoms with Gasteiger partial charge in [-0.2, -0.15) is 5.26 Å². The number of hydrogen-bond donors (Lipinski definition) is 1. The first kappa shape index (κ1) is 11.8. The minimum atomic E-state index is -2.28. The fraction of sp³-hybridized carbons (Fsp3) is 0.273. The minimum Gasteiger partial charge on any atom is -0.289 e. The normalized spacial score (nSPS) is 18.2. The molecule has 0 aromatic carbocycles. The summed E-state index contributed by atoms with van der Waals surface area (Å²) in [5.41, 5.74) is 0.866. The summed E-state index contributed by atoms with van der Waals surface area (Å²) in [6, 6.07) is 1.81. The number of rotatable bonds is 1. The summed E-state index contributed by atoms with van der Waals surface area (Å²) >= 11 is -2.28. The fourth-order valence-electron chi connectivity index (χ4n) is 1.58. The van der Waals surface area contributed by atoms with E-state index >= 15 is 0 Å². The lowest BCUT2D eigenvalue weighted by atomic mass is 9.93. The molecule has 0 bridgehead atoms. The summed E-state index contributed by atoms with van der Waals surface area (Å²) in [6.45, 7) is 4.02. The maximum absolute atomic E-state index is 11.2. The van der Waals surface area contributed by atoms with Crippen molar-refractivity contribution in [3.05, 3.63) is 29.4 Å². The second-order valence-electron chi connectivity index (χ2n) is 4.33. The molecule has 0 fully saturated rings. The third-order valence-corrected chi connectivity index (χ3v) is 3.18. The van der Waals surface area contributed by atoms with E-state index in [4.69, 9.17) is 5.26 Å². The maximum Gasteiger partial charge on any atom is 0.268 e. The van der Waals surface area contributed by atoms with Crippen molar-refractivity contribution >= 4 is 23.4 Å². The van der Waals surface area contributed by atoms with Crippen LogP contribution in [0.3, 0.4) is 0 Å². The van der Waals surface area contributed by atoms with Crippen LogP contribution in [-0.2, 0) is 11.3 Å². The number of nitrogens with zero attached hydrogens (tertiary/aromatic N) is 3. The molecule has 1 heterocycles. The Morgan fingerprint density at radius 2 is 2.12 bits per heavy atom. The van der Waals surface area contributed by atoms with Crippen LogP contribution in [0.15, 0.2) is 12.2 Å². The first-order valence-electron chi connectivity index (χ1n) is 4.97. The monoisotopic (exact) mass is 249 g/mol. The highest BCUT2D eigenvalue weighted by atomic mass is 32.2. The third-order valence-electron chi connectivity index (χ3n) is 2.50. The van der Waals surface area contributed by atoms with E-state index < -0.39 is 11.3 Å². The molecule has 1 aliphatic carbocycles. The summed E-state index contributed by atoms with van der Waals surface area (Å²) in [5.74, 6) is -0.0650. The molecule has 17 heavy (non-hydrogen) atoms. The Bertz CT molecular complexity index is 591. The molecule has 1 unspecified atom stereocenters. The van der Waals surface area contributed by atoms with Crippen LogP contribution in [0, 0.1) is 16.7 Å². The Morgan fingerprint density at radius 1 is 1.47 bits per heavy atom. The zero-order chi connectivity index (χ0) is 12.6. The number of aromatic nitrogens is 2. The first-order valence-corrected chi connectivity index (χ1v) is 6.03. The molecule has 6 heteroatoms. The van der Waals surface area contributed by atoms with Crippen molar-refractivity contribution in [2.45, 2.75) is 13.8 Å². The maximum atomic E-state index is 11.2. The molecule has 1 N–H and O–H groups in total. The van der Waals surface area contributed by atoms with E-state index in [2.05, 4.69) is 4.98 Å². The molecule has 1 aliphatic rings. The number of hydrogen-bond acceptors (Lipinski definition) is 3. The quantitative estimate of drug-likeness (QED) is 0.770. The summed E-state index contributed by atoms with van der Waals surface area (Å²) in [6.07, 6.45) is 7.33. The van der Waals surface area contributed by atoms with Crippen molar-refractivity contribution in [1.29, 1.82) is 5.26 Å². The molecule has 0 saturated heterocycles. The molecule has 0 amide bonds. The van der Waals surface area contributed by atoms with Gasteiger partial charge in [0.05, 0.1) is 11.4 Å². The predicted octanol–water partition coefficient (Wildman–Crippen LogP) is 1.81. The van der Waals surface area contributed by atoms with E-state index in [9.17, 15) is 8.76 Å². The highest BCUT2D eigenvalue weighted by Crippen LogP contribution is 2.28. The lowest BCUT2D eigenvalue weighted by molar-refractivity contribution is 0.553. The largest absolute Gasteiger partial charge is 0.289 e. The van der Waals surface area contributed by atoms with Gasteiger partial charge in [-0.15, -0.1) is 0 Å². The summed E-state index contributed by atoms with van der Waals surface area (Å²) < 4.78 is 21.4. The van der Waals surface area contributed by atoms with E-state index in [1.807, 2.05) is 26.0 Å². The van der Waals surface area contributed by atoms with Gasteiger partial charge in [0, 0.05) is 5.41 Å². The molecule has 0 spiro atoms. The lowest BCUT2D eigenvalue weighted by Crippen LogP contribution is -2.07. The Balaban J connectivity index is 2.68. The van der Waals surface area contributed by atoms with Crippen LogP contribution in [-0.4, -0.2) is 17.7 Å². The minimum absolute atomic E-state index is 0.0650. The van der Waals surface area contributed by atoms with Crippen LogP contribution in [0.2, 0.25) is 0 Å². The Morgan fingerprint density at radius 3 is 2.71 bits per heavy atom. The van der Waals surface area contributed by atoms with Crippen molar-refractivity contribution in [2.24, 2.45) is 5.41 Å². The molecule has 1 aromatic heterocycles. The van der Waals surface area contributed by atoms with Gasteiger partial charge in [-0.25, -0.2) is 13.2 Å². The number of nitriles is 1. The summed E-state index contributed by atoms with van der Waals surface area (Å²) in [5, 5.41) is 8.86. The van der Waals surface area contributed by atoms with Crippen molar-refractivity contribution in [3.63, 3.8) is 0 Å². The number of allylic oxidation sites excluding steroid dienone is 2. The smallest absolute Gasteiger partial charge is 0.268 e. The molecule has 2 rings (SSSR count). The summed E-state index contributed by atoms with van der Waals surface area (Å²) in [4.78, 5) is 4.03. The van der Waals surface area contributed by atoms with Crippen LogP contribution in [0.4, 0.5) is 0 Å². The van der Waals surface area contributed by atoms with Gasteiger partial charge in [0.1, 0.15) is 6.07 Å². The van der Waals surface area contributed by atoms with E-state index in [1.54, 1.807) is 18.2 Å². The standard InChI is InChI=1S/C11H11N3O2S/c1-11(2)5-3-8-9(4-6-11)14(17(15)16)10(7-12)13-8/h3-6H,1-2H3,(H,15,16). The van der Waals surface area contributed by atoms with Gasteiger partial charge >= 0.3 is 0 Å². The van der Waals surface area contributed by atoms with Crippen molar-refractivity contribution in [3.8, 4) is 6.07 Å². The average molecular weight is 249 g/mol. The van der Waals surface area contributed by atoms with Crippen LogP contribution in [0.1, 0.15) is 31.1 Å². The van der Waals surface area contributed by atoms with Crippen molar-refractivity contribution in [1.82, 2.24) is 8.96 Å². The Kier molecular flexibility index (Phi) is 2.73. The van der Waals surface area contributed by atoms with Gasteiger partial charge in [0.25, 0.3) is 11.3 Å². The van der Waals surface area contributed by atoms with Gasteiger partial charge < -0.3 is 0 Å². The summed E-state index contributed by atoms with van der Waals surface area (Å²) in [7, 11) is 0. The van der Waals surface area contributed by atoms with Crippen molar-refractivity contribution in [2.75, 3.05) is 0 Å². The van der Waals surface area contributed by atoms with Gasteiger partial charge in [-0.3, -0.25) is 4.55 Å². The first-order chi connectivity index (χ1) is 7.94. The van der Waals surface area contributed by atoms with Crippen LogP contribution < -0.4 is 0 Å². The molecule has 0 radical (unpaired) electrons. The number of imidazole rings is 1. The van der Waals surface area contributed by atoms with E-state index in [0.717, 1.165) is 3.97 Å². The molecular weight excluding hydrogens is 238 g/mol. The van der Waals surface area contributed by atoms with Crippen LogP contribution in [0.5, 0.6) is 0 Å². The highest BCUT2D eigenvalue weighted by Gasteiger charge is 2.21. The molecule has 1 atom stereocenters. The topological polar surface area (TPSA) is 78.9 Å². The molecule has 1 aromatic rings. The van der Waals surface area contributed by atoms with Crippen LogP contribution in [0.25, 0.3) is 12.2 Å². The van der Waals surface area contributed by atoms with Gasteiger partial charge in [0.2, 0.25) is 5.82 Å². The van der Waals surface area contributed by atoms with E-state index in [-0.39, 0.29) is 11.2 Å². The molecule has 0 aliphatic heterocycles. The molecular formula is C11H11N3O2S. The second kappa shape index (κ2) is 3.95. The molecule has 88 valence electrons. The second-order valence-corrected chi connectivity index (χ2v) is 5.16. The average Bonchev–Trinajstić information content (AvgIpc) is 2.55. The van der Waals surface area contributed by atoms with Gasteiger partial charge in [0.15, 0.2) is 0 Å². The highest BCUT2D eigenvalue weighted by molar-refractivity contribution is 7.77. The Labute approximate surface area is 102 Å². The molecule has 0 saturated carbocycles. The zero-order valence-corrected chi connectivity index (χ0v) is 10.2. The Hall–Kier alpha value is -1.71. The van der Waals surface area contributed by atoms with Gasteiger partial charge in [-0.1, -0.05) is 26.0 Å². The van der Waals surface area contributed by atoms with E-state index in [0.29, 0.717) is 11.4 Å². The van der Waals surface area contributed by atoms with Crippen LogP contribution >= 0.6 is 0 Å². The SMILES string of the molecule is CC1(C)C=Cc2nc(C#N)n(S(=O)O)c2C=C1. The van der Waals surface area contributed by atoms with Gasteiger partial charge in [-0.05, 0) is 12.2 Å². The third kappa shape index (κ3) is 2.07. The number of fused-ring (bicyclic) bond motifs is 1. The van der Waals surface area contributed by atoms with Crippen molar-refractivity contribution < 1.29 is 8.76 Å². The van der Waals surface area contributed by atoms with E-state index in [1.165, 1.54) is 0 Å².